The number of rotatable bonds is 6. The van der Waals surface area contributed by atoms with Gasteiger partial charge in [-0.15, -0.1) is 0 Å². The van der Waals surface area contributed by atoms with Crippen LogP contribution in [0.3, 0.4) is 0 Å². The lowest BCUT2D eigenvalue weighted by Gasteiger charge is -2.21. The predicted octanol–water partition coefficient (Wildman–Crippen LogP) is 1.87. The summed E-state index contributed by atoms with van der Waals surface area (Å²) in [6.07, 6.45) is 2.00. The summed E-state index contributed by atoms with van der Waals surface area (Å²) in [5.41, 5.74) is 3.12. The highest BCUT2D eigenvalue weighted by Crippen LogP contribution is 2.27. The summed E-state index contributed by atoms with van der Waals surface area (Å²) in [5.74, 6) is 1.93. The van der Waals surface area contributed by atoms with Crippen LogP contribution in [0.4, 0.5) is 0 Å². The van der Waals surface area contributed by atoms with Gasteiger partial charge in [0.2, 0.25) is 0 Å². The quantitative estimate of drug-likeness (QED) is 0.837. The molecular formula is C14H25N3OS. The smallest absolute Gasteiger partial charge is 0.0869 e. The van der Waals surface area contributed by atoms with Gasteiger partial charge in [-0.1, -0.05) is 6.92 Å². The van der Waals surface area contributed by atoms with Crippen LogP contribution in [0, 0.1) is 13.8 Å². The molecule has 1 aromatic heterocycles. The number of aliphatic hydroxyl groups is 1. The summed E-state index contributed by atoms with van der Waals surface area (Å²) < 4.78 is 2.09. The highest BCUT2D eigenvalue weighted by molar-refractivity contribution is 7.99. The van der Waals surface area contributed by atoms with Crippen LogP contribution < -0.4 is 5.32 Å². The largest absolute Gasteiger partial charge is 0.388 e. The third-order valence-corrected chi connectivity index (χ3v) is 5.04. The Bertz CT molecular complexity index is 425. The molecule has 0 amide bonds. The average molecular weight is 283 g/mol. The minimum absolute atomic E-state index is 0.508. The van der Waals surface area contributed by atoms with E-state index in [0.717, 1.165) is 43.1 Å². The molecule has 0 saturated carbocycles. The van der Waals surface area contributed by atoms with Crippen molar-refractivity contribution in [3.8, 4) is 0 Å². The Morgan fingerprint density at radius 2 is 2.26 bits per heavy atom. The van der Waals surface area contributed by atoms with Crippen molar-refractivity contribution < 1.29 is 5.11 Å². The molecule has 1 saturated heterocycles. The second-order valence-electron chi connectivity index (χ2n) is 5.50. The van der Waals surface area contributed by atoms with Crippen molar-refractivity contribution in [2.24, 2.45) is 0 Å². The summed E-state index contributed by atoms with van der Waals surface area (Å²) in [4.78, 5) is 0. The van der Waals surface area contributed by atoms with E-state index in [0.29, 0.717) is 6.54 Å². The summed E-state index contributed by atoms with van der Waals surface area (Å²) >= 11 is 1.84. The van der Waals surface area contributed by atoms with Gasteiger partial charge in [0, 0.05) is 36.6 Å². The van der Waals surface area contributed by atoms with Crippen molar-refractivity contribution in [3.63, 3.8) is 0 Å². The molecule has 4 nitrogen and oxygen atoms in total. The molecule has 0 aliphatic carbocycles. The topological polar surface area (TPSA) is 50.1 Å². The van der Waals surface area contributed by atoms with Gasteiger partial charge in [0.1, 0.15) is 0 Å². The Morgan fingerprint density at radius 3 is 2.89 bits per heavy atom. The maximum absolute atomic E-state index is 10.3. The molecule has 1 unspecified atom stereocenters. The van der Waals surface area contributed by atoms with Gasteiger partial charge in [-0.25, -0.2) is 0 Å². The van der Waals surface area contributed by atoms with Gasteiger partial charge in [-0.3, -0.25) is 4.68 Å². The van der Waals surface area contributed by atoms with E-state index in [-0.39, 0.29) is 0 Å². The van der Waals surface area contributed by atoms with Gasteiger partial charge in [-0.05, 0) is 32.4 Å². The third kappa shape index (κ3) is 3.52. The Balaban J connectivity index is 1.92. The van der Waals surface area contributed by atoms with Crippen LogP contribution >= 0.6 is 11.8 Å². The Labute approximate surface area is 120 Å². The normalized spacial score (nSPS) is 23.2. The number of hydrogen-bond acceptors (Lipinski definition) is 4. The summed E-state index contributed by atoms with van der Waals surface area (Å²) in [6, 6.07) is 0. The molecule has 5 heteroatoms. The highest BCUT2D eigenvalue weighted by atomic mass is 32.2. The fourth-order valence-corrected chi connectivity index (χ4v) is 3.87. The van der Waals surface area contributed by atoms with Crippen molar-refractivity contribution in [1.82, 2.24) is 15.1 Å². The van der Waals surface area contributed by atoms with Crippen LogP contribution in [-0.2, 0) is 13.1 Å². The number of aryl methyl sites for hydroxylation is 2. The zero-order chi connectivity index (χ0) is 13.9. The molecule has 2 N–H and O–H groups in total. The van der Waals surface area contributed by atoms with Gasteiger partial charge < -0.3 is 10.4 Å². The first-order valence-electron chi connectivity index (χ1n) is 7.09. The molecule has 2 heterocycles. The van der Waals surface area contributed by atoms with E-state index in [1.54, 1.807) is 0 Å². The van der Waals surface area contributed by atoms with E-state index in [9.17, 15) is 5.11 Å². The Kier molecular flexibility index (Phi) is 4.92. The monoisotopic (exact) mass is 283 g/mol. The minimum Gasteiger partial charge on any atom is -0.388 e. The van der Waals surface area contributed by atoms with Crippen molar-refractivity contribution >= 4 is 11.8 Å². The second kappa shape index (κ2) is 6.29. The van der Waals surface area contributed by atoms with E-state index in [1.165, 1.54) is 11.3 Å². The summed E-state index contributed by atoms with van der Waals surface area (Å²) in [7, 11) is 0. The molecule has 1 aromatic rings. The molecular weight excluding hydrogens is 258 g/mol. The molecule has 1 atom stereocenters. The number of aromatic nitrogens is 2. The Hall–Kier alpha value is -0.520. The summed E-state index contributed by atoms with van der Waals surface area (Å²) in [5, 5.41) is 18.3. The number of thioether (sulfide) groups is 1. The Morgan fingerprint density at radius 1 is 1.47 bits per heavy atom. The molecule has 19 heavy (non-hydrogen) atoms. The zero-order valence-electron chi connectivity index (χ0n) is 12.2. The van der Waals surface area contributed by atoms with Crippen molar-refractivity contribution in [2.45, 2.75) is 52.3 Å². The van der Waals surface area contributed by atoms with Crippen LogP contribution in [0.5, 0.6) is 0 Å². The minimum atomic E-state index is -0.508. The van der Waals surface area contributed by atoms with Crippen LogP contribution in [0.1, 0.15) is 36.7 Å². The second-order valence-corrected chi connectivity index (χ2v) is 6.61. The fourth-order valence-electron chi connectivity index (χ4n) is 2.58. The fraction of sp³-hybridized carbons (Fsp3) is 0.786. The van der Waals surface area contributed by atoms with Crippen LogP contribution in [0.2, 0.25) is 0 Å². The lowest BCUT2D eigenvalue weighted by molar-refractivity contribution is 0.0674. The third-order valence-electron chi connectivity index (χ3n) is 3.81. The number of nitrogens with zero attached hydrogens (tertiary/aromatic N) is 2. The molecule has 1 fully saturated rings. The first-order valence-corrected chi connectivity index (χ1v) is 8.25. The van der Waals surface area contributed by atoms with Crippen LogP contribution in [-0.4, -0.2) is 38.5 Å². The molecule has 108 valence electrons. The van der Waals surface area contributed by atoms with Gasteiger partial charge in [0.25, 0.3) is 0 Å². The highest BCUT2D eigenvalue weighted by Gasteiger charge is 2.31. The van der Waals surface area contributed by atoms with Crippen molar-refractivity contribution in [1.29, 1.82) is 0 Å². The zero-order valence-corrected chi connectivity index (χ0v) is 13.0. The first kappa shape index (κ1) is 14.9. The van der Waals surface area contributed by atoms with Gasteiger partial charge in [0.15, 0.2) is 0 Å². The number of nitrogens with one attached hydrogen (secondary N) is 1. The van der Waals surface area contributed by atoms with E-state index in [1.807, 2.05) is 11.8 Å². The van der Waals surface area contributed by atoms with Crippen molar-refractivity contribution in [2.75, 3.05) is 18.1 Å². The van der Waals surface area contributed by atoms with Gasteiger partial charge >= 0.3 is 0 Å². The van der Waals surface area contributed by atoms with E-state index in [2.05, 4.69) is 35.9 Å². The molecule has 2 rings (SSSR count). The average Bonchev–Trinajstić information content (AvgIpc) is 2.90. The van der Waals surface area contributed by atoms with E-state index < -0.39 is 5.60 Å². The molecule has 0 spiro atoms. The van der Waals surface area contributed by atoms with Gasteiger partial charge in [-0.2, -0.15) is 16.9 Å². The standard InChI is InChI=1S/C14H25N3OS/c1-4-6-17-12(3)13(11(2)16-17)8-15-9-14(18)5-7-19-10-14/h15,18H,4-10H2,1-3H3. The van der Waals surface area contributed by atoms with Gasteiger partial charge in [0.05, 0.1) is 11.3 Å². The van der Waals surface area contributed by atoms with Crippen molar-refractivity contribution in [3.05, 3.63) is 17.0 Å². The SMILES string of the molecule is CCCn1nc(C)c(CNCC2(O)CCSC2)c1C. The maximum atomic E-state index is 10.3. The maximum Gasteiger partial charge on any atom is 0.0869 e. The lowest BCUT2D eigenvalue weighted by Crippen LogP contribution is -2.40. The number of hydrogen-bond donors (Lipinski definition) is 2. The molecule has 1 aliphatic heterocycles. The van der Waals surface area contributed by atoms with Crippen LogP contribution in [0.25, 0.3) is 0 Å². The molecule has 0 radical (unpaired) electrons. The first-order chi connectivity index (χ1) is 9.06. The summed E-state index contributed by atoms with van der Waals surface area (Å²) in [6.45, 7) is 8.82. The molecule has 0 bridgehead atoms. The van der Waals surface area contributed by atoms with E-state index in [4.69, 9.17) is 0 Å². The predicted molar refractivity (Wildman–Crippen MR) is 80.6 cm³/mol. The lowest BCUT2D eigenvalue weighted by atomic mass is 10.0. The molecule has 0 aromatic carbocycles. The van der Waals surface area contributed by atoms with Crippen LogP contribution in [0.15, 0.2) is 0 Å². The van der Waals surface area contributed by atoms with E-state index >= 15 is 0 Å². The molecule has 1 aliphatic rings.